The molecule has 0 bridgehead atoms. The fraction of sp³-hybridized carbons (Fsp3) is 0.533. The van der Waals surface area contributed by atoms with E-state index in [0.29, 0.717) is 18.7 Å². The van der Waals surface area contributed by atoms with E-state index in [9.17, 15) is 14.9 Å². The smallest absolute Gasteiger partial charge is 0.282 e. The van der Waals surface area contributed by atoms with E-state index in [1.54, 1.807) is 24.0 Å². The van der Waals surface area contributed by atoms with E-state index in [0.717, 1.165) is 19.3 Å². The highest BCUT2D eigenvalue weighted by Crippen LogP contribution is 2.26. The maximum absolute atomic E-state index is 12.8. The number of carbonyl (C=O) groups is 1. The third kappa shape index (κ3) is 3.21. The zero-order chi connectivity index (χ0) is 15.4. The van der Waals surface area contributed by atoms with Crippen LogP contribution >= 0.6 is 0 Å². The largest absolute Gasteiger partial charge is 0.334 e. The number of hydrogen-bond acceptors (Lipinski definition) is 4. The summed E-state index contributed by atoms with van der Waals surface area (Å²) >= 11 is 0. The molecule has 1 saturated heterocycles. The van der Waals surface area contributed by atoms with Crippen molar-refractivity contribution in [2.75, 3.05) is 20.1 Å². The SMILES string of the molecule is CNCC1CCCCN1C(=O)c1c(C)cccc1[N+](=O)[O-]. The maximum atomic E-state index is 12.8. The van der Waals surface area contributed by atoms with Gasteiger partial charge in [-0.2, -0.15) is 0 Å². The Morgan fingerprint density at radius 2 is 2.24 bits per heavy atom. The summed E-state index contributed by atoms with van der Waals surface area (Å²) in [6, 6.07) is 4.87. The molecule has 0 aromatic heterocycles. The molecule has 1 aromatic carbocycles. The number of rotatable bonds is 4. The van der Waals surface area contributed by atoms with Crippen LogP contribution in [0.2, 0.25) is 0 Å². The number of piperidine rings is 1. The molecule has 1 aliphatic rings. The molecular formula is C15H21N3O3. The zero-order valence-corrected chi connectivity index (χ0v) is 12.5. The highest BCUT2D eigenvalue weighted by Gasteiger charge is 2.31. The first-order valence-electron chi connectivity index (χ1n) is 7.25. The van der Waals surface area contributed by atoms with Crippen molar-refractivity contribution >= 4 is 11.6 Å². The van der Waals surface area contributed by atoms with Crippen LogP contribution in [0.4, 0.5) is 5.69 Å². The first kappa shape index (κ1) is 15.4. The highest BCUT2D eigenvalue weighted by atomic mass is 16.6. The molecule has 1 aromatic rings. The van der Waals surface area contributed by atoms with Gasteiger partial charge in [-0.05, 0) is 38.8 Å². The predicted octanol–water partition coefficient (Wildman–Crippen LogP) is 2.12. The van der Waals surface area contributed by atoms with E-state index in [1.807, 2.05) is 7.05 Å². The third-order valence-corrected chi connectivity index (χ3v) is 3.99. The van der Waals surface area contributed by atoms with Crippen molar-refractivity contribution in [1.29, 1.82) is 0 Å². The molecule has 0 radical (unpaired) electrons. The molecular weight excluding hydrogens is 270 g/mol. The Labute approximate surface area is 124 Å². The van der Waals surface area contributed by atoms with Gasteiger partial charge in [0.25, 0.3) is 11.6 Å². The number of nitrogens with zero attached hydrogens (tertiary/aromatic N) is 2. The van der Waals surface area contributed by atoms with Crippen molar-refractivity contribution in [3.05, 3.63) is 39.4 Å². The Balaban J connectivity index is 2.36. The molecule has 0 aliphatic carbocycles. The van der Waals surface area contributed by atoms with Crippen LogP contribution < -0.4 is 5.32 Å². The molecule has 1 unspecified atom stereocenters. The van der Waals surface area contributed by atoms with Gasteiger partial charge in [0, 0.05) is 25.2 Å². The average Bonchev–Trinajstić information content (AvgIpc) is 2.47. The minimum absolute atomic E-state index is 0.103. The number of nitrogens with one attached hydrogen (secondary N) is 1. The van der Waals surface area contributed by atoms with E-state index in [1.165, 1.54) is 6.07 Å². The summed E-state index contributed by atoms with van der Waals surface area (Å²) in [6.07, 6.45) is 2.98. The first-order valence-corrected chi connectivity index (χ1v) is 7.25. The number of likely N-dealkylation sites (tertiary alicyclic amines) is 1. The molecule has 1 aliphatic heterocycles. The van der Waals surface area contributed by atoms with Crippen LogP contribution in [0.1, 0.15) is 35.2 Å². The number of carbonyl (C=O) groups excluding carboxylic acids is 1. The molecule has 2 rings (SSSR count). The van der Waals surface area contributed by atoms with Gasteiger partial charge in [-0.25, -0.2) is 0 Å². The van der Waals surface area contributed by atoms with E-state index >= 15 is 0 Å². The fourth-order valence-corrected chi connectivity index (χ4v) is 2.94. The normalized spacial score (nSPS) is 18.6. The average molecular weight is 291 g/mol. The number of hydrogen-bond donors (Lipinski definition) is 1. The lowest BCUT2D eigenvalue weighted by atomic mass is 9.98. The Morgan fingerprint density at radius 3 is 2.90 bits per heavy atom. The van der Waals surface area contributed by atoms with Crippen LogP contribution in [-0.4, -0.2) is 41.9 Å². The van der Waals surface area contributed by atoms with Gasteiger partial charge in [-0.1, -0.05) is 12.1 Å². The van der Waals surface area contributed by atoms with E-state index in [2.05, 4.69) is 5.32 Å². The molecule has 1 heterocycles. The lowest BCUT2D eigenvalue weighted by molar-refractivity contribution is -0.385. The van der Waals surface area contributed by atoms with E-state index in [-0.39, 0.29) is 23.2 Å². The second-order valence-electron chi connectivity index (χ2n) is 5.43. The number of likely N-dealkylation sites (N-methyl/N-ethyl adjacent to an activating group) is 1. The Kier molecular flexibility index (Phi) is 4.90. The summed E-state index contributed by atoms with van der Waals surface area (Å²) in [7, 11) is 1.85. The summed E-state index contributed by atoms with van der Waals surface area (Å²) in [5, 5.41) is 14.3. The molecule has 21 heavy (non-hydrogen) atoms. The topological polar surface area (TPSA) is 75.5 Å². The summed E-state index contributed by atoms with van der Waals surface area (Å²) in [6.45, 7) is 3.12. The fourth-order valence-electron chi connectivity index (χ4n) is 2.94. The summed E-state index contributed by atoms with van der Waals surface area (Å²) < 4.78 is 0. The van der Waals surface area contributed by atoms with Crippen LogP contribution in [0.25, 0.3) is 0 Å². The van der Waals surface area contributed by atoms with Gasteiger partial charge in [0.1, 0.15) is 5.56 Å². The van der Waals surface area contributed by atoms with Gasteiger partial charge in [0.05, 0.1) is 4.92 Å². The molecule has 1 atom stereocenters. The number of benzene rings is 1. The van der Waals surface area contributed by atoms with Crippen LogP contribution in [0.5, 0.6) is 0 Å². The van der Waals surface area contributed by atoms with E-state index in [4.69, 9.17) is 0 Å². The first-order chi connectivity index (χ1) is 10.1. The van der Waals surface area contributed by atoms with Crippen molar-refractivity contribution < 1.29 is 9.72 Å². The Morgan fingerprint density at radius 1 is 1.48 bits per heavy atom. The standard InChI is InChI=1S/C15H21N3O3/c1-11-6-5-8-13(18(20)21)14(11)15(19)17-9-4-3-7-12(17)10-16-2/h5-6,8,12,16H,3-4,7,9-10H2,1-2H3. The van der Waals surface area contributed by atoms with Crippen molar-refractivity contribution in [2.45, 2.75) is 32.2 Å². The Hall–Kier alpha value is -1.95. The van der Waals surface area contributed by atoms with Crippen LogP contribution in [0.15, 0.2) is 18.2 Å². The molecule has 1 amide bonds. The summed E-state index contributed by atoms with van der Waals surface area (Å²) in [5.74, 6) is -0.222. The second kappa shape index (κ2) is 6.67. The molecule has 114 valence electrons. The summed E-state index contributed by atoms with van der Waals surface area (Å²) in [5.41, 5.74) is 0.780. The van der Waals surface area contributed by atoms with Crippen molar-refractivity contribution in [3.8, 4) is 0 Å². The lowest BCUT2D eigenvalue weighted by Gasteiger charge is -2.36. The second-order valence-corrected chi connectivity index (χ2v) is 5.43. The number of amides is 1. The molecule has 1 N–H and O–H groups in total. The van der Waals surface area contributed by atoms with Gasteiger partial charge in [-0.3, -0.25) is 14.9 Å². The van der Waals surface area contributed by atoms with Crippen LogP contribution in [-0.2, 0) is 0 Å². The van der Waals surface area contributed by atoms with Crippen molar-refractivity contribution in [1.82, 2.24) is 10.2 Å². The zero-order valence-electron chi connectivity index (χ0n) is 12.5. The Bertz CT molecular complexity index is 543. The summed E-state index contributed by atoms with van der Waals surface area (Å²) in [4.78, 5) is 25.3. The van der Waals surface area contributed by atoms with Crippen LogP contribution in [0.3, 0.4) is 0 Å². The molecule has 1 fully saturated rings. The highest BCUT2D eigenvalue weighted by molar-refractivity contribution is 5.99. The van der Waals surface area contributed by atoms with Gasteiger partial charge in [0.15, 0.2) is 0 Å². The van der Waals surface area contributed by atoms with Gasteiger partial charge < -0.3 is 10.2 Å². The van der Waals surface area contributed by atoms with Gasteiger partial charge in [0.2, 0.25) is 0 Å². The lowest BCUT2D eigenvalue weighted by Crippen LogP contribution is -2.48. The maximum Gasteiger partial charge on any atom is 0.282 e. The third-order valence-electron chi connectivity index (χ3n) is 3.99. The van der Waals surface area contributed by atoms with Crippen molar-refractivity contribution in [3.63, 3.8) is 0 Å². The number of aryl methyl sites for hydroxylation is 1. The van der Waals surface area contributed by atoms with Gasteiger partial charge >= 0.3 is 0 Å². The van der Waals surface area contributed by atoms with E-state index < -0.39 is 4.92 Å². The quantitative estimate of drug-likeness (QED) is 0.681. The molecule has 6 heteroatoms. The molecule has 6 nitrogen and oxygen atoms in total. The number of nitro groups is 1. The van der Waals surface area contributed by atoms with Crippen molar-refractivity contribution in [2.24, 2.45) is 0 Å². The number of nitro benzene ring substituents is 1. The minimum atomic E-state index is -0.475. The minimum Gasteiger partial charge on any atom is -0.334 e. The molecule has 0 saturated carbocycles. The monoisotopic (exact) mass is 291 g/mol. The molecule has 0 spiro atoms. The predicted molar refractivity (Wildman–Crippen MR) is 80.4 cm³/mol. The van der Waals surface area contributed by atoms with Gasteiger partial charge in [-0.15, -0.1) is 0 Å². The van der Waals surface area contributed by atoms with Crippen LogP contribution in [0, 0.1) is 17.0 Å².